The zero-order chi connectivity index (χ0) is 23.6. The molecule has 0 bridgehead atoms. The van der Waals surface area contributed by atoms with Gasteiger partial charge in [0.1, 0.15) is 17.7 Å². The Hall–Kier alpha value is -3.77. The Morgan fingerprint density at radius 2 is 1.85 bits per heavy atom. The van der Waals surface area contributed by atoms with Crippen molar-refractivity contribution in [3.05, 3.63) is 65.5 Å². The number of nitrogens with zero attached hydrogens (tertiary/aromatic N) is 5. The second-order valence-corrected chi connectivity index (χ2v) is 7.08. The quantitative estimate of drug-likeness (QED) is 0.430. The van der Waals surface area contributed by atoms with Crippen molar-refractivity contribution in [1.29, 1.82) is 0 Å². The standard InChI is InChI=1S/C21H18F3N5O4/c1-12-25-19(27-29(12)10-13-3-2-4-15(9-13)17(31)11-30)20-26-18(28-33-20)14-5-7-16(8-6-14)32-21(22,23)24/h2-9,17,30-31H,10-11H2,1H3. The van der Waals surface area contributed by atoms with Crippen molar-refractivity contribution in [2.45, 2.75) is 25.9 Å². The number of benzene rings is 2. The van der Waals surface area contributed by atoms with Crippen LogP contribution in [0.2, 0.25) is 0 Å². The fourth-order valence-corrected chi connectivity index (χ4v) is 3.07. The van der Waals surface area contributed by atoms with Crippen LogP contribution in [0, 0.1) is 6.92 Å². The highest BCUT2D eigenvalue weighted by Crippen LogP contribution is 2.26. The lowest BCUT2D eigenvalue weighted by atomic mass is 10.1. The normalized spacial score (nSPS) is 12.7. The summed E-state index contributed by atoms with van der Waals surface area (Å²) < 4.78 is 47.6. The molecule has 172 valence electrons. The Labute approximate surface area is 185 Å². The molecule has 0 radical (unpaired) electrons. The van der Waals surface area contributed by atoms with E-state index in [0.717, 1.165) is 17.7 Å². The largest absolute Gasteiger partial charge is 0.573 e. The number of hydrogen-bond acceptors (Lipinski definition) is 8. The monoisotopic (exact) mass is 461 g/mol. The molecule has 0 fully saturated rings. The summed E-state index contributed by atoms with van der Waals surface area (Å²) in [7, 11) is 0. The molecule has 0 aliphatic rings. The number of aryl methyl sites for hydroxylation is 1. The number of aliphatic hydroxyl groups excluding tert-OH is 2. The average molecular weight is 461 g/mol. The van der Waals surface area contributed by atoms with Crippen molar-refractivity contribution >= 4 is 0 Å². The molecule has 0 saturated heterocycles. The van der Waals surface area contributed by atoms with Crippen LogP contribution >= 0.6 is 0 Å². The molecule has 0 aliphatic carbocycles. The van der Waals surface area contributed by atoms with Gasteiger partial charge in [0, 0.05) is 5.56 Å². The third-order valence-electron chi connectivity index (χ3n) is 4.66. The second kappa shape index (κ2) is 9.00. The van der Waals surface area contributed by atoms with Crippen LogP contribution in [0.3, 0.4) is 0 Å². The first-order valence-electron chi connectivity index (χ1n) is 9.71. The molecule has 12 heteroatoms. The van der Waals surface area contributed by atoms with Crippen molar-refractivity contribution in [1.82, 2.24) is 24.9 Å². The van der Waals surface area contributed by atoms with Gasteiger partial charge in [0.05, 0.1) is 13.2 Å². The van der Waals surface area contributed by atoms with Crippen LogP contribution in [-0.4, -0.2) is 48.1 Å². The first-order chi connectivity index (χ1) is 15.7. The zero-order valence-corrected chi connectivity index (χ0v) is 17.2. The minimum absolute atomic E-state index is 0.0481. The van der Waals surface area contributed by atoms with E-state index < -0.39 is 12.5 Å². The fraction of sp³-hybridized carbons (Fsp3) is 0.238. The molecular weight excluding hydrogens is 443 g/mol. The van der Waals surface area contributed by atoms with Crippen LogP contribution in [0.1, 0.15) is 23.1 Å². The Morgan fingerprint density at radius 3 is 2.55 bits per heavy atom. The first-order valence-corrected chi connectivity index (χ1v) is 9.71. The van der Waals surface area contributed by atoms with Gasteiger partial charge in [-0.1, -0.05) is 29.4 Å². The Balaban J connectivity index is 1.51. The molecule has 33 heavy (non-hydrogen) atoms. The summed E-state index contributed by atoms with van der Waals surface area (Å²) in [5, 5.41) is 27.2. The molecule has 1 unspecified atom stereocenters. The molecule has 2 N–H and O–H groups in total. The maximum absolute atomic E-state index is 12.3. The maximum atomic E-state index is 12.3. The highest BCUT2D eigenvalue weighted by Gasteiger charge is 2.31. The van der Waals surface area contributed by atoms with E-state index in [4.69, 9.17) is 9.63 Å². The van der Waals surface area contributed by atoms with E-state index in [2.05, 4.69) is 25.0 Å². The van der Waals surface area contributed by atoms with Gasteiger partial charge < -0.3 is 19.5 Å². The first kappa shape index (κ1) is 22.4. The van der Waals surface area contributed by atoms with Crippen LogP contribution in [-0.2, 0) is 6.54 Å². The van der Waals surface area contributed by atoms with Crippen molar-refractivity contribution in [2.75, 3.05) is 6.61 Å². The van der Waals surface area contributed by atoms with E-state index in [-0.39, 0.29) is 29.9 Å². The van der Waals surface area contributed by atoms with Gasteiger partial charge in [-0.2, -0.15) is 4.98 Å². The molecule has 0 saturated carbocycles. The minimum Gasteiger partial charge on any atom is -0.406 e. The van der Waals surface area contributed by atoms with Gasteiger partial charge in [0.15, 0.2) is 0 Å². The van der Waals surface area contributed by atoms with Crippen LogP contribution in [0.5, 0.6) is 5.75 Å². The highest BCUT2D eigenvalue weighted by molar-refractivity contribution is 5.57. The molecule has 2 heterocycles. The van der Waals surface area contributed by atoms with Gasteiger partial charge in [0.2, 0.25) is 11.6 Å². The van der Waals surface area contributed by atoms with E-state index in [9.17, 15) is 18.3 Å². The average Bonchev–Trinajstić information content (AvgIpc) is 3.40. The summed E-state index contributed by atoms with van der Waals surface area (Å²) >= 11 is 0. The van der Waals surface area contributed by atoms with E-state index in [1.165, 1.54) is 12.1 Å². The van der Waals surface area contributed by atoms with Crippen molar-refractivity contribution in [2.24, 2.45) is 0 Å². The minimum atomic E-state index is -4.77. The molecule has 0 spiro atoms. The number of ether oxygens (including phenoxy) is 1. The number of rotatable bonds is 7. The summed E-state index contributed by atoms with van der Waals surface area (Å²) in [5.41, 5.74) is 1.85. The Kier molecular flexibility index (Phi) is 6.11. The van der Waals surface area contributed by atoms with Crippen LogP contribution in [0.15, 0.2) is 53.1 Å². The number of aromatic nitrogens is 5. The number of alkyl halides is 3. The fourth-order valence-electron chi connectivity index (χ4n) is 3.07. The third kappa shape index (κ3) is 5.35. The van der Waals surface area contributed by atoms with Gasteiger partial charge in [-0.25, -0.2) is 9.67 Å². The molecule has 2 aromatic carbocycles. The smallest absolute Gasteiger partial charge is 0.406 e. The predicted octanol–water partition coefficient (Wildman–Crippen LogP) is 3.28. The number of aliphatic hydroxyl groups is 2. The summed E-state index contributed by atoms with van der Waals surface area (Å²) in [6.45, 7) is 1.72. The third-order valence-corrected chi connectivity index (χ3v) is 4.66. The molecule has 4 rings (SSSR count). The van der Waals surface area contributed by atoms with Gasteiger partial charge in [-0.15, -0.1) is 18.3 Å². The van der Waals surface area contributed by atoms with Gasteiger partial charge in [-0.05, 0) is 42.3 Å². The molecule has 9 nitrogen and oxygen atoms in total. The molecule has 4 aromatic rings. The molecule has 1 atom stereocenters. The van der Waals surface area contributed by atoms with Crippen molar-refractivity contribution < 1.29 is 32.6 Å². The summed E-state index contributed by atoms with van der Waals surface area (Å²) in [5.74, 6) is 0.609. The Morgan fingerprint density at radius 1 is 1.09 bits per heavy atom. The summed E-state index contributed by atoms with van der Waals surface area (Å²) in [4.78, 5) is 8.56. The SMILES string of the molecule is Cc1nc(-c2nc(-c3ccc(OC(F)(F)F)cc3)no2)nn1Cc1cccc(C(O)CO)c1. The molecule has 0 amide bonds. The number of hydrogen-bond donors (Lipinski definition) is 2. The zero-order valence-electron chi connectivity index (χ0n) is 17.2. The topological polar surface area (TPSA) is 119 Å². The highest BCUT2D eigenvalue weighted by atomic mass is 19.4. The van der Waals surface area contributed by atoms with E-state index >= 15 is 0 Å². The summed E-state index contributed by atoms with van der Waals surface area (Å²) in [6, 6.07) is 12.2. The van der Waals surface area contributed by atoms with E-state index in [1.807, 2.05) is 6.07 Å². The maximum Gasteiger partial charge on any atom is 0.573 e. The van der Waals surface area contributed by atoms with Crippen LogP contribution in [0.4, 0.5) is 13.2 Å². The van der Waals surface area contributed by atoms with Crippen molar-refractivity contribution in [3.8, 4) is 28.9 Å². The lowest BCUT2D eigenvalue weighted by molar-refractivity contribution is -0.274. The second-order valence-electron chi connectivity index (χ2n) is 7.08. The van der Waals surface area contributed by atoms with E-state index in [1.54, 1.807) is 29.8 Å². The predicted molar refractivity (Wildman–Crippen MR) is 108 cm³/mol. The molecule has 0 aliphatic heterocycles. The summed E-state index contributed by atoms with van der Waals surface area (Å²) in [6.07, 6.45) is -5.74. The van der Waals surface area contributed by atoms with Crippen molar-refractivity contribution in [3.63, 3.8) is 0 Å². The van der Waals surface area contributed by atoms with Crippen LogP contribution in [0.25, 0.3) is 23.1 Å². The van der Waals surface area contributed by atoms with Crippen LogP contribution < -0.4 is 4.74 Å². The lowest BCUT2D eigenvalue weighted by Crippen LogP contribution is -2.16. The Bertz CT molecular complexity index is 1240. The molecular formula is C21H18F3N5O4. The van der Waals surface area contributed by atoms with Gasteiger partial charge >= 0.3 is 6.36 Å². The molecule has 2 aromatic heterocycles. The number of halogens is 3. The van der Waals surface area contributed by atoms with Gasteiger partial charge in [0.25, 0.3) is 5.89 Å². The van der Waals surface area contributed by atoms with E-state index in [0.29, 0.717) is 23.5 Å². The lowest BCUT2D eigenvalue weighted by Gasteiger charge is -2.10. The van der Waals surface area contributed by atoms with Gasteiger partial charge in [-0.3, -0.25) is 0 Å².